The first-order valence-corrected chi connectivity index (χ1v) is 8.84. The third-order valence-electron chi connectivity index (χ3n) is 2.41. The number of hydrogen-bond acceptors (Lipinski definition) is 2. The van der Waals surface area contributed by atoms with Gasteiger partial charge >= 0.3 is 11.5 Å². The monoisotopic (exact) mass is 258 g/mol. The van der Waals surface area contributed by atoms with Gasteiger partial charge in [0.05, 0.1) is 0 Å². The van der Waals surface area contributed by atoms with E-state index in [4.69, 9.17) is 0 Å². The molecular formula is C12H16F2O2Si. The number of esters is 1. The summed E-state index contributed by atoms with van der Waals surface area (Å²) in [6, 6.07) is 8.78. The molecule has 0 spiro atoms. The maximum atomic E-state index is 13.6. The molecule has 0 unspecified atom stereocenters. The summed E-state index contributed by atoms with van der Waals surface area (Å²) in [7, 11) is -2.89. The number of carbonyl (C=O) groups is 1. The SMILES string of the molecule is C[Si](C)(C)C(F)(F)C(=O)OCc1ccccc1. The predicted molar refractivity (Wildman–Crippen MR) is 64.5 cm³/mol. The average Bonchev–Trinajstić information content (AvgIpc) is 2.25. The van der Waals surface area contributed by atoms with E-state index in [2.05, 4.69) is 4.74 Å². The van der Waals surface area contributed by atoms with Gasteiger partial charge in [0, 0.05) is 0 Å². The number of alkyl halides is 2. The fraction of sp³-hybridized carbons (Fsp3) is 0.417. The summed E-state index contributed by atoms with van der Waals surface area (Å²) in [5.74, 6) is -1.42. The summed E-state index contributed by atoms with van der Waals surface area (Å²) in [6.07, 6.45) is 0. The van der Waals surface area contributed by atoms with Crippen LogP contribution >= 0.6 is 0 Å². The first-order valence-electron chi connectivity index (χ1n) is 5.34. The Bertz CT molecular complexity index is 385. The van der Waals surface area contributed by atoms with Gasteiger partial charge in [-0.25, -0.2) is 4.79 Å². The van der Waals surface area contributed by atoms with Gasteiger partial charge in [0.15, 0.2) is 0 Å². The van der Waals surface area contributed by atoms with Crippen molar-refractivity contribution in [3.05, 3.63) is 35.9 Å². The summed E-state index contributed by atoms with van der Waals surface area (Å²) in [5, 5.41) is 0. The molecule has 1 aromatic carbocycles. The van der Waals surface area contributed by atoms with Gasteiger partial charge in [-0.15, -0.1) is 0 Å². The molecule has 0 N–H and O–H groups in total. The lowest BCUT2D eigenvalue weighted by Gasteiger charge is -2.26. The molecule has 94 valence electrons. The number of carbonyl (C=O) groups excluding carboxylic acids is 1. The Hall–Kier alpha value is -1.23. The molecule has 1 rings (SSSR count). The van der Waals surface area contributed by atoms with Gasteiger partial charge in [-0.3, -0.25) is 0 Å². The van der Waals surface area contributed by atoms with Crippen molar-refractivity contribution in [3.63, 3.8) is 0 Å². The van der Waals surface area contributed by atoms with Crippen molar-refractivity contribution in [3.8, 4) is 0 Å². The van der Waals surface area contributed by atoms with Crippen LogP contribution in [0.15, 0.2) is 30.3 Å². The van der Waals surface area contributed by atoms with Gasteiger partial charge in [-0.05, 0) is 5.56 Å². The van der Waals surface area contributed by atoms with Gasteiger partial charge in [0.1, 0.15) is 14.7 Å². The standard InChI is InChI=1S/C12H16F2O2Si/c1-17(2,3)12(13,14)11(15)16-9-10-7-5-4-6-8-10/h4-8H,9H2,1-3H3. The van der Waals surface area contributed by atoms with Crippen LogP contribution in [0.4, 0.5) is 8.78 Å². The quantitative estimate of drug-likeness (QED) is 0.612. The molecule has 0 aromatic heterocycles. The Morgan fingerprint density at radius 3 is 2.24 bits per heavy atom. The lowest BCUT2D eigenvalue weighted by molar-refractivity contribution is -0.163. The number of hydrogen-bond donors (Lipinski definition) is 0. The highest BCUT2D eigenvalue weighted by molar-refractivity contribution is 6.81. The molecule has 0 amide bonds. The van der Waals surface area contributed by atoms with Crippen molar-refractivity contribution in [1.82, 2.24) is 0 Å². The molecule has 5 heteroatoms. The minimum atomic E-state index is -3.35. The third kappa shape index (κ3) is 3.36. The molecule has 0 saturated heterocycles. The Morgan fingerprint density at radius 2 is 1.76 bits per heavy atom. The van der Waals surface area contributed by atoms with Crippen molar-refractivity contribution in [2.45, 2.75) is 31.8 Å². The topological polar surface area (TPSA) is 26.3 Å². The van der Waals surface area contributed by atoms with Crippen molar-refractivity contribution in [1.29, 1.82) is 0 Å². The van der Waals surface area contributed by atoms with Crippen molar-refractivity contribution in [2.75, 3.05) is 0 Å². The van der Waals surface area contributed by atoms with E-state index in [0.29, 0.717) is 5.56 Å². The molecule has 0 saturated carbocycles. The zero-order chi connectivity index (χ0) is 13.1. The summed E-state index contributed by atoms with van der Waals surface area (Å²) in [5.41, 5.74) is -2.64. The van der Waals surface area contributed by atoms with Crippen LogP contribution in [0.5, 0.6) is 0 Å². The van der Waals surface area contributed by atoms with Crippen LogP contribution in [0.3, 0.4) is 0 Å². The molecule has 0 bridgehead atoms. The van der Waals surface area contributed by atoms with Crippen LogP contribution in [0.1, 0.15) is 5.56 Å². The van der Waals surface area contributed by atoms with E-state index in [1.54, 1.807) is 24.3 Å². The molecule has 0 heterocycles. The Morgan fingerprint density at radius 1 is 1.24 bits per heavy atom. The van der Waals surface area contributed by atoms with E-state index >= 15 is 0 Å². The fourth-order valence-corrected chi connectivity index (χ4v) is 1.80. The van der Waals surface area contributed by atoms with Gasteiger partial charge in [0.25, 0.3) is 0 Å². The van der Waals surface area contributed by atoms with Crippen LogP contribution in [-0.2, 0) is 16.1 Å². The van der Waals surface area contributed by atoms with E-state index in [1.807, 2.05) is 6.07 Å². The maximum absolute atomic E-state index is 13.6. The lowest BCUT2D eigenvalue weighted by atomic mass is 10.2. The van der Waals surface area contributed by atoms with Gasteiger partial charge in [0.2, 0.25) is 0 Å². The molecule has 2 nitrogen and oxygen atoms in total. The van der Waals surface area contributed by atoms with Crippen molar-refractivity contribution >= 4 is 14.0 Å². The van der Waals surface area contributed by atoms with E-state index in [0.717, 1.165) is 0 Å². The van der Waals surface area contributed by atoms with Crippen LogP contribution in [0, 0.1) is 0 Å². The van der Waals surface area contributed by atoms with Crippen LogP contribution in [0.25, 0.3) is 0 Å². The summed E-state index contributed by atoms with van der Waals surface area (Å²) in [6.45, 7) is 4.21. The highest BCUT2D eigenvalue weighted by atomic mass is 28.3. The summed E-state index contributed by atoms with van der Waals surface area (Å²) in [4.78, 5) is 11.3. The molecule has 0 radical (unpaired) electrons. The molecular weight excluding hydrogens is 242 g/mol. The maximum Gasteiger partial charge on any atom is 0.372 e. The number of rotatable bonds is 4. The number of ether oxygens (including phenoxy) is 1. The van der Waals surface area contributed by atoms with Gasteiger partial charge < -0.3 is 4.74 Å². The minimum absolute atomic E-state index is 0.111. The Labute approximate surface area is 101 Å². The second-order valence-corrected chi connectivity index (χ2v) is 10.0. The van der Waals surface area contributed by atoms with E-state index in [9.17, 15) is 13.6 Å². The molecule has 0 aliphatic carbocycles. The van der Waals surface area contributed by atoms with Gasteiger partial charge in [-0.1, -0.05) is 50.0 Å². The average molecular weight is 258 g/mol. The summed E-state index contributed by atoms with van der Waals surface area (Å²) < 4.78 is 31.9. The largest absolute Gasteiger partial charge is 0.457 e. The molecule has 0 fully saturated rings. The van der Waals surface area contributed by atoms with E-state index < -0.39 is 19.6 Å². The second-order valence-electron chi connectivity index (χ2n) is 4.89. The van der Waals surface area contributed by atoms with Crippen LogP contribution < -0.4 is 0 Å². The van der Waals surface area contributed by atoms with Crippen molar-refractivity contribution < 1.29 is 18.3 Å². The highest BCUT2D eigenvalue weighted by Gasteiger charge is 2.53. The first-order chi connectivity index (χ1) is 7.75. The summed E-state index contributed by atoms with van der Waals surface area (Å²) >= 11 is 0. The van der Waals surface area contributed by atoms with Crippen LogP contribution in [-0.4, -0.2) is 19.6 Å². The highest BCUT2D eigenvalue weighted by Crippen LogP contribution is 2.28. The normalized spacial score (nSPS) is 12.3. The van der Waals surface area contributed by atoms with Crippen molar-refractivity contribution in [2.24, 2.45) is 0 Å². The lowest BCUT2D eigenvalue weighted by Crippen LogP contribution is -2.51. The van der Waals surface area contributed by atoms with E-state index in [-0.39, 0.29) is 6.61 Å². The van der Waals surface area contributed by atoms with E-state index in [1.165, 1.54) is 19.6 Å². The fourth-order valence-electron chi connectivity index (χ4n) is 1.12. The van der Waals surface area contributed by atoms with Gasteiger partial charge in [-0.2, -0.15) is 8.78 Å². The molecule has 1 aromatic rings. The zero-order valence-corrected chi connectivity index (χ0v) is 11.2. The molecule has 17 heavy (non-hydrogen) atoms. The smallest absolute Gasteiger partial charge is 0.372 e. The molecule has 0 aliphatic heterocycles. The Kier molecular flexibility index (Phi) is 4.03. The zero-order valence-electron chi connectivity index (χ0n) is 10.2. The predicted octanol–water partition coefficient (Wildman–Crippen LogP) is 3.24. The van der Waals surface area contributed by atoms with Crippen LogP contribution in [0.2, 0.25) is 19.6 Å². The number of halogens is 2. The third-order valence-corrected chi connectivity index (χ3v) is 4.50. The first kappa shape index (κ1) is 13.8. The molecule has 0 atom stereocenters. The molecule has 0 aliphatic rings. The second kappa shape index (κ2) is 4.95. The number of benzene rings is 1. The Balaban J connectivity index is 2.62. The minimum Gasteiger partial charge on any atom is -0.457 e.